The summed E-state index contributed by atoms with van der Waals surface area (Å²) in [6.45, 7) is 5.54. The molecule has 92 valence electrons. The summed E-state index contributed by atoms with van der Waals surface area (Å²) < 4.78 is 0. The maximum Gasteiger partial charge on any atom is 0.237 e. The molecule has 5 heteroatoms. The maximum absolute atomic E-state index is 11.6. The Balaban J connectivity index is 2.42. The number of nitrogens with one attached hydrogen (secondary N) is 2. The van der Waals surface area contributed by atoms with Gasteiger partial charge in [-0.3, -0.25) is 14.9 Å². The summed E-state index contributed by atoms with van der Waals surface area (Å²) in [4.78, 5) is 22.8. The minimum atomic E-state index is -0.458. The summed E-state index contributed by atoms with van der Waals surface area (Å²) in [7, 11) is 0. The molecule has 1 aliphatic carbocycles. The van der Waals surface area contributed by atoms with E-state index in [4.69, 9.17) is 5.73 Å². The predicted molar refractivity (Wildman–Crippen MR) is 61.6 cm³/mol. The van der Waals surface area contributed by atoms with Crippen molar-refractivity contribution < 1.29 is 9.59 Å². The van der Waals surface area contributed by atoms with Gasteiger partial charge in [-0.15, -0.1) is 0 Å². The fourth-order valence-corrected chi connectivity index (χ4v) is 1.50. The number of hydrogen-bond donors (Lipinski definition) is 3. The zero-order chi connectivity index (χ0) is 12.3. The lowest BCUT2D eigenvalue weighted by molar-refractivity contribution is -0.124. The highest BCUT2D eigenvalue weighted by Crippen LogP contribution is 2.18. The van der Waals surface area contributed by atoms with Gasteiger partial charge >= 0.3 is 0 Å². The summed E-state index contributed by atoms with van der Waals surface area (Å²) >= 11 is 0. The molecule has 5 nitrogen and oxygen atoms in total. The molecular formula is C11H21N3O2. The summed E-state index contributed by atoms with van der Waals surface area (Å²) in [5.41, 5.74) is 5.27. The largest absolute Gasteiger partial charge is 0.368 e. The molecule has 4 N–H and O–H groups in total. The number of carbonyl (C=O) groups is 2. The number of hydrogen-bond acceptors (Lipinski definition) is 3. The van der Waals surface area contributed by atoms with Crippen LogP contribution in [0.5, 0.6) is 0 Å². The lowest BCUT2D eigenvalue weighted by atomic mass is 10.0. The van der Waals surface area contributed by atoms with Gasteiger partial charge in [0.15, 0.2) is 0 Å². The van der Waals surface area contributed by atoms with Crippen LogP contribution in [0.2, 0.25) is 0 Å². The van der Waals surface area contributed by atoms with Crippen molar-refractivity contribution in [2.24, 2.45) is 11.7 Å². The molecule has 1 rings (SSSR count). The summed E-state index contributed by atoms with van der Waals surface area (Å²) in [6, 6.07) is -0.511. The SMILES string of the molecule is CC(NC(C(N)=O)C(C)C)C(=O)NC1CC1. The monoisotopic (exact) mass is 227 g/mol. The Morgan fingerprint density at radius 2 is 1.81 bits per heavy atom. The Bertz CT molecular complexity index is 274. The molecule has 0 aromatic carbocycles. The van der Waals surface area contributed by atoms with Crippen LogP contribution in [0.4, 0.5) is 0 Å². The van der Waals surface area contributed by atoms with Gasteiger partial charge in [0.2, 0.25) is 11.8 Å². The smallest absolute Gasteiger partial charge is 0.237 e. The Kier molecular flexibility index (Phi) is 4.29. The quantitative estimate of drug-likeness (QED) is 0.585. The van der Waals surface area contributed by atoms with Crippen LogP contribution in [0.15, 0.2) is 0 Å². The molecule has 1 fully saturated rings. The standard InChI is InChI=1S/C11H21N3O2/c1-6(2)9(10(12)15)13-7(3)11(16)14-8-4-5-8/h6-9,13H,4-5H2,1-3H3,(H2,12,15)(H,14,16). The highest BCUT2D eigenvalue weighted by molar-refractivity contribution is 5.84. The third kappa shape index (κ3) is 3.81. The van der Waals surface area contributed by atoms with E-state index >= 15 is 0 Å². The lowest BCUT2D eigenvalue weighted by Gasteiger charge is -2.23. The molecule has 0 saturated heterocycles. The third-order valence-corrected chi connectivity index (χ3v) is 2.72. The molecule has 0 heterocycles. The van der Waals surface area contributed by atoms with E-state index in [1.54, 1.807) is 6.92 Å². The van der Waals surface area contributed by atoms with Gasteiger partial charge in [-0.1, -0.05) is 13.8 Å². The molecule has 2 unspecified atom stereocenters. The first-order valence-corrected chi connectivity index (χ1v) is 5.77. The van der Waals surface area contributed by atoms with Gasteiger partial charge in [-0.05, 0) is 25.7 Å². The second-order valence-corrected chi connectivity index (χ2v) is 4.80. The number of carbonyl (C=O) groups excluding carboxylic acids is 2. The molecule has 0 aliphatic heterocycles. The minimum Gasteiger partial charge on any atom is -0.368 e. The molecule has 0 bridgehead atoms. The highest BCUT2D eigenvalue weighted by Gasteiger charge is 2.28. The number of rotatable bonds is 6. The van der Waals surface area contributed by atoms with E-state index in [0.29, 0.717) is 6.04 Å². The van der Waals surface area contributed by atoms with Crippen molar-refractivity contribution in [2.75, 3.05) is 0 Å². The van der Waals surface area contributed by atoms with Gasteiger partial charge in [0.05, 0.1) is 12.1 Å². The van der Waals surface area contributed by atoms with Gasteiger partial charge < -0.3 is 11.1 Å². The first-order chi connectivity index (χ1) is 7.41. The van der Waals surface area contributed by atoms with E-state index in [9.17, 15) is 9.59 Å². The fourth-order valence-electron chi connectivity index (χ4n) is 1.50. The molecule has 0 radical (unpaired) electrons. The van der Waals surface area contributed by atoms with Gasteiger partial charge in [0, 0.05) is 6.04 Å². The molecule has 16 heavy (non-hydrogen) atoms. The van der Waals surface area contributed by atoms with Crippen LogP contribution >= 0.6 is 0 Å². The van der Waals surface area contributed by atoms with Crippen LogP contribution in [0.1, 0.15) is 33.6 Å². The Morgan fingerprint density at radius 3 is 2.19 bits per heavy atom. The predicted octanol–water partition coefficient (Wildman–Crippen LogP) is -0.247. The van der Waals surface area contributed by atoms with E-state index in [0.717, 1.165) is 12.8 Å². The van der Waals surface area contributed by atoms with Crippen molar-refractivity contribution in [3.63, 3.8) is 0 Å². The van der Waals surface area contributed by atoms with Crippen molar-refractivity contribution in [2.45, 2.75) is 51.7 Å². The van der Waals surface area contributed by atoms with Crippen LogP contribution in [-0.2, 0) is 9.59 Å². The first kappa shape index (κ1) is 13.0. The fraction of sp³-hybridized carbons (Fsp3) is 0.818. The molecule has 2 amide bonds. The zero-order valence-electron chi connectivity index (χ0n) is 10.1. The van der Waals surface area contributed by atoms with Crippen molar-refractivity contribution in [1.29, 1.82) is 0 Å². The Hall–Kier alpha value is -1.10. The average molecular weight is 227 g/mol. The maximum atomic E-state index is 11.6. The van der Waals surface area contributed by atoms with Crippen LogP contribution in [-0.4, -0.2) is 29.9 Å². The van der Waals surface area contributed by atoms with Crippen molar-refractivity contribution in [3.8, 4) is 0 Å². The van der Waals surface area contributed by atoms with E-state index in [2.05, 4.69) is 10.6 Å². The second-order valence-electron chi connectivity index (χ2n) is 4.80. The van der Waals surface area contributed by atoms with Gasteiger partial charge in [0.25, 0.3) is 0 Å². The van der Waals surface area contributed by atoms with E-state index in [1.165, 1.54) is 0 Å². The second kappa shape index (κ2) is 5.30. The topological polar surface area (TPSA) is 84.2 Å². The number of primary amides is 1. The molecule has 0 aromatic rings. The molecule has 0 spiro atoms. The Morgan fingerprint density at radius 1 is 1.25 bits per heavy atom. The Labute approximate surface area is 96.1 Å². The summed E-state index contributed by atoms with van der Waals surface area (Å²) in [5, 5.41) is 5.85. The first-order valence-electron chi connectivity index (χ1n) is 5.77. The van der Waals surface area contributed by atoms with Crippen molar-refractivity contribution in [1.82, 2.24) is 10.6 Å². The number of amides is 2. The average Bonchev–Trinajstić information content (AvgIpc) is 2.96. The van der Waals surface area contributed by atoms with Crippen molar-refractivity contribution >= 4 is 11.8 Å². The summed E-state index contributed by atoms with van der Waals surface area (Å²) in [5.74, 6) is -0.399. The van der Waals surface area contributed by atoms with Crippen LogP contribution < -0.4 is 16.4 Å². The molecule has 1 aliphatic rings. The van der Waals surface area contributed by atoms with E-state index in [1.807, 2.05) is 13.8 Å². The number of nitrogens with two attached hydrogens (primary N) is 1. The van der Waals surface area contributed by atoms with E-state index < -0.39 is 11.9 Å². The lowest BCUT2D eigenvalue weighted by Crippen LogP contribution is -2.53. The van der Waals surface area contributed by atoms with Crippen molar-refractivity contribution in [3.05, 3.63) is 0 Å². The molecule has 0 aromatic heterocycles. The molecular weight excluding hydrogens is 206 g/mol. The van der Waals surface area contributed by atoms with E-state index in [-0.39, 0.29) is 17.9 Å². The van der Waals surface area contributed by atoms with Gasteiger partial charge in [-0.2, -0.15) is 0 Å². The highest BCUT2D eigenvalue weighted by atomic mass is 16.2. The summed E-state index contributed by atoms with van der Waals surface area (Å²) in [6.07, 6.45) is 2.11. The zero-order valence-corrected chi connectivity index (χ0v) is 10.1. The molecule has 1 saturated carbocycles. The van der Waals surface area contributed by atoms with Gasteiger partial charge in [-0.25, -0.2) is 0 Å². The van der Waals surface area contributed by atoms with Crippen LogP contribution in [0.3, 0.4) is 0 Å². The van der Waals surface area contributed by atoms with Gasteiger partial charge in [0.1, 0.15) is 0 Å². The van der Waals surface area contributed by atoms with Crippen LogP contribution in [0.25, 0.3) is 0 Å². The van der Waals surface area contributed by atoms with Crippen LogP contribution in [0, 0.1) is 5.92 Å². The third-order valence-electron chi connectivity index (χ3n) is 2.72. The molecule has 2 atom stereocenters. The normalized spacial score (nSPS) is 19.2. The minimum absolute atomic E-state index is 0.0607.